The molecule has 0 spiro atoms. The maximum Gasteiger partial charge on any atom is 0.472 e. The molecule has 0 aliphatic heterocycles. The Labute approximate surface area is 360 Å². The lowest BCUT2D eigenvalue weighted by Gasteiger charge is -2.23. The Morgan fingerprint density at radius 2 is 0.879 bits per heavy atom. The van der Waals surface area contributed by atoms with E-state index in [1.165, 1.54) is 205 Å². The molecule has 0 aromatic heterocycles. The Bertz CT molecular complexity index is 922. The van der Waals surface area contributed by atoms with Gasteiger partial charge in [-0.2, -0.15) is 0 Å². The Morgan fingerprint density at radius 3 is 1.22 bits per heavy atom. The van der Waals surface area contributed by atoms with Gasteiger partial charge in [-0.05, 0) is 19.3 Å². The van der Waals surface area contributed by atoms with Crippen molar-refractivity contribution in [2.24, 2.45) is 5.73 Å². The predicted molar refractivity (Wildman–Crippen MR) is 249 cm³/mol. The van der Waals surface area contributed by atoms with E-state index in [-0.39, 0.29) is 25.7 Å². The summed E-state index contributed by atoms with van der Waals surface area (Å²) in [5, 5.41) is 13.6. The second kappa shape index (κ2) is 45.8. The number of nitrogens with two attached hydrogens (primary N) is 1. The van der Waals surface area contributed by atoms with Gasteiger partial charge in [0.1, 0.15) is 0 Å². The molecule has 0 aliphatic carbocycles. The summed E-state index contributed by atoms with van der Waals surface area (Å²) in [6.07, 6.45) is 53.1. The summed E-state index contributed by atoms with van der Waals surface area (Å²) in [5.41, 5.74) is 5.37. The zero-order chi connectivity index (χ0) is 42.5. The van der Waals surface area contributed by atoms with Gasteiger partial charge in [-0.15, -0.1) is 0 Å². The number of hydrogen-bond donors (Lipinski definition) is 4. The molecule has 0 saturated heterocycles. The van der Waals surface area contributed by atoms with Gasteiger partial charge in [0, 0.05) is 13.0 Å². The van der Waals surface area contributed by atoms with Crippen LogP contribution in [0.4, 0.5) is 0 Å². The second-order valence-electron chi connectivity index (χ2n) is 17.4. The van der Waals surface area contributed by atoms with E-state index in [1.54, 1.807) is 6.08 Å². The molecule has 0 fully saturated rings. The summed E-state index contributed by atoms with van der Waals surface area (Å²) in [6.45, 7) is 4.13. The van der Waals surface area contributed by atoms with Crippen LogP contribution in [0, 0.1) is 0 Å². The summed E-state index contributed by atoms with van der Waals surface area (Å²) in [7, 11) is -4.33. The second-order valence-corrected chi connectivity index (χ2v) is 18.8. The fourth-order valence-corrected chi connectivity index (χ4v) is 8.54. The van der Waals surface area contributed by atoms with Gasteiger partial charge in [0.15, 0.2) is 0 Å². The molecule has 1 amide bonds. The molecule has 9 heteroatoms. The smallest absolute Gasteiger partial charge is 0.387 e. The lowest BCUT2D eigenvalue weighted by molar-refractivity contribution is -0.123. The van der Waals surface area contributed by atoms with Crippen LogP contribution in [-0.2, 0) is 18.4 Å². The van der Waals surface area contributed by atoms with E-state index in [2.05, 4.69) is 19.2 Å². The highest BCUT2D eigenvalue weighted by Crippen LogP contribution is 2.43. The highest BCUT2D eigenvalue weighted by atomic mass is 31.2. The number of carbonyl (C=O) groups is 1. The van der Waals surface area contributed by atoms with Crippen molar-refractivity contribution >= 4 is 13.7 Å². The first-order chi connectivity index (χ1) is 28.4. The standard InChI is InChI=1S/C49H99N2O6P/c1-3-5-7-9-11-13-14-15-16-17-18-19-20-21-22-23-24-25-26-27-28-29-30-31-32-33-35-37-39-41-43-49(53)51-47(46-57-58(54,55)56-45-44-50)48(52)42-40-38-36-34-12-10-8-6-4-2/h40,42,47-48,52H,3-39,41,43-46,50H2,1-2H3,(H,51,53)(H,54,55)/b42-40+/t47-,48+/m0/s1. The number of rotatable bonds is 48. The van der Waals surface area contributed by atoms with Crippen LogP contribution in [0.2, 0.25) is 0 Å². The number of phosphoric acid groups is 1. The zero-order valence-electron chi connectivity index (χ0n) is 38.6. The van der Waals surface area contributed by atoms with Crippen LogP contribution in [0.25, 0.3) is 0 Å². The topological polar surface area (TPSA) is 131 Å². The minimum absolute atomic E-state index is 0.0811. The van der Waals surface area contributed by atoms with Crippen LogP contribution in [-0.4, -0.2) is 47.8 Å². The third-order valence-electron chi connectivity index (χ3n) is 11.6. The third-order valence-corrected chi connectivity index (χ3v) is 12.6. The number of carbonyl (C=O) groups excluding carboxylic acids is 1. The normalized spacial score (nSPS) is 13.9. The Hall–Kier alpha value is -0.760. The zero-order valence-corrected chi connectivity index (χ0v) is 39.5. The lowest BCUT2D eigenvalue weighted by Crippen LogP contribution is -2.45. The summed E-state index contributed by atoms with van der Waals surface area (Å²) in [6, 6.07) is -0.853. The molecule has 8 nitrogen and oxygen atoms in total. The van der Waals surface area contributed by atoms with Crippen molar-refractivity contribution in [1.29, 1.82) is 0 Å². The van der Waals surface area contributed by atoms with Crippen LogP contribution < -0.4 is 11.1 Å². The Balaban J connectivity index is 3.79. The fourth-order valence-electron chi connectivity index (χ4n) is 7.78. The summed E-state index contributed by atoms with van der Waals surface area (Å²) >= 11 is 0. The minimum atomic E-state index is -4.33. The first-order valence-electron chi connectivity index (χ1n) is 25.3. The molecule has 3 atom stereocenters. The van der Waals surface area contributed by atoms with Crippen molar-refractivity contribution in [3.8, 4) is 0 Å². The van der Waals surface area contributed by atoms with E-state index >= 15 is 0 Å². The average Bonchev–Trinajstić information content (AvgIpc) is 3.21. The number of allylic oxidation sites excluding steroid dienone is 1. The van der Waals surface area contributed by atoms with Crippen LogP contribution in [0.15, 0.2) is 12.2 Å². The highest BCUT2D eigenvalue weighted by Gasteiger charge is 2.26. The molecule has 0 aromatic rings. The van der Waals surface area contributed by atoms with Crippen LogP contribution in [0.5, 0.6) is 0 Å². The molecule has 5 N–H and O–H groups in total. The fraction of sp³-hybridized carbons (Fsp3) is 0.939. The van der Waals surface area contributed by atoms with E-state index in [1.807, 2.05) is 6.08 Å². The number of aliphatic hydroxyl groups is 1. The molecule has 0 saturated carbocycles. The molecule has 0 rings (SSSR count). The average molecular weight is 843 g/mol. The van der Waals surface area contributed by atoms with Gasteiger partial charge in [-0.25, -0.2) is 4.57 Å². The number of hydrogen-bond acceptors (Lipinski definition) is 6. The first kappa shape index (κ1) is 57.2. The molecule has 346 valence electrons. The largest absolute Gasteiger partial charge is 0.472 e. The van der Waals surface area contributed by atoms with Crippen molar-refractivity contribution in [1.82, 2.24) is 5.32 Å². The molecule has 0 aromatic carbocycles. The molecular weight excluding hydrogens is 744 g/mol. The molecule has 1 unspecified atom stereocenters. The van der Waals surface area contributed by atoms with E-state index in [4.69, 9.17) is 14.8 Å². The summed E-state index contributed by atoms with van der Waals surface area (Å²) in [4.78, 5) is 22.7. The van der Waals surface area contributed by atoms with Crippen molar-refractivity contribution in [2.45, 2.75) is 276 Å². The van der Waals surface area contributed by atoms with Crippen molar-refractivity contribution in [3.63, 3.8) is 0 Å². The molecule has 0 heterocycles. The van der Waals surface area contributed by atoms with Crippen molar-refractivity contribution in [3.05, 3.63) is 12.2 Å². The van der Waals surface area contributed by atoms with Gasteiger partial charge in [0.05, 0.1) is 25.4 Å². The van der Waals surface area contributed by atoms with E-state index in [0.29, 0.717) is 6.42 Å². The van der Waals surface area contributed by atoms with Gasteiger partial charge in [0.2, 0.25) is 5.91 Å². The van der Waals surface area contributed by atoms with E-state index < -0.39 is 20.0 Å². The lowest BCUT2D eigenvalue weighted by atomic mass is 10.0. The van der Waals surface area contributed by atoms with Crippen molar-refractivity contribution in [2.75, 3.05) is 19.8 Å². The Morgan fingerprint density at radius 1 is 0.552 bits per heavy atom. The SMILES string of the molecule is CCCCCCCCC/C=C/[C@@H](O)[C@H](COP(=O)(O)OCCN)NC(=O)CCCCCCCCCCCCCCCCCCCCCCCCCCCCCCCC. The number of nitrogens with one attached hydrogen (secondary N) is 1. The number of amides is 1. The van der Waals surface area contributed by atoms with Gasteiger partial charge in [-0.3, -0.25) is 13.8 Å². The molecule has 0 radical (unpaired) electrons. The van der Waals surface area contributed by atoms with Crippen LogP contribution in [0.1, 0.15) is 264 Å². The number of phosphoric ester groups is 1. The highest BCUT2D eigenvalue weighted by molar-refractivity contribution is 7.47. The van der Waals surface area contributed by atoms with Crippen LogP contribution in [0.3, 0.4) is 0 Å². The van der Waals surface area contributed by atoms with Gasteiger partial charge in [-0.1, -0.05) is 251 Å². The monoisotopic (exact) mass is 843 g/mol. The maximum atomic E-state index is 12.8. The molecule has 0 bridgehead atoms. The summed E-state index contributed by atoms with van der Waals surface area (Å²) in [5.74, 6) is -0.191. The molecule has 0 aliphatic rings. The molecular formula is C49H99N2O6P. The summed E-state index contributed by atoms with van der Waals surface area (Å²) < 4.78 is 22.1. The van der Waals surface area contributed by atoms with E-state index in [9.17, 15) is 19.4 Å². The van der Waals surface area contributed by atoms with Gasteiger partial charge < -0.3 is 21.1 Å². The van der Waals surface area contributed by atoms with Gasteiger partial charge >= 0.3 is 7.82 Å². The van der Waals surface area contributed by atoms with E-state index in [0.717, 1.165) is 38.5 Å². The third kappa shape index (κ3) is 43.3. The van der Waals surface area contributed by atoms with Crippen LogP contribution >= 0.6 is 7.82 Å². The van der Waals surface area contributed by atoms with Crippen molar-refractivity contribution < 1.29 is 28.4 Å². The quantitative estimate of drug-likeness (QED) is 0.0272. The number of unbranched alkanes of at least 4 members (excludes halogenated alkanes) is 36. The minimum Gasteiger partial charge on any atom is -0.387 e. The van der Waals surface area contributed by atoms with Gasteiger partial charge in [0.25, 0.3) is 0 Å². The number of aliphatic hydroxyl groups excluding tert-OH is 1. The predicted octanol–water partition coefficient (Wildman–Crippen LogP) is 14.7. The first-order valence-corrected chi connectivity index (χ1v) is 26.8. The Kier molecular flexibility index (Phi) is 45.2. The molecule has 58 heavy (non-hydrogen) atoms. The maximum absolute atomic E-state index is 12.8.